The maximum atomic E-state index is 12.7. The molecule has 0 bridgehead atoms. The second kappa shape index (κ2) is 4.53. The van der Waals surface area contributed by atoms with Gasteiger partial charge in [0.1, 0.15) is 5.75 Å². The molecule has 0 amide bonds. The number of halogens is 3. The zero-order chi connectivity index (χ0) is 13.6. The van der Waals surface area contributed by atoms with Gasteiger partial charge in [0.05, 0.1) is 11.6 Å². The van der Waals surface area contributed by atoms with Crippen LogP contribution in [0.25, 0.3) is 0 Å². The number of pyridine rings is 1. The number of hydrogen-bond donors (Lipinski definition) is 1. The first kappa shape index (κ1) is 13.0. The van der Waals surface area contributed by atoms with E-state index >= 15 is 0 Å². The molecule has 0 spiro atoms. The smallest absolute Gasteiger partial charge is 0.418 e. The second-order valence-corrected chi connectivity index (χ2v) is 6.07. The van der Waals surface area contributed by atoms with Gasteiger partial charge in [0, 0.05) is 31.9 Å². The van der Waals surface area contributed by atoms with Crippen molar-refractivity contribution >= 4 is 17.0 Å². The Morgan fingerprint density at radius 3 is 3.00 bits per heavy atom. The summed E-state index contributed by atoms with van der Waals surface area (Å²) in [7, 11) is 0. The lowest BCUT2D eigenvalue weighted by molar-refractivity contribution is -0.138. The van der Waals surface area contributed by atoms with Gasteiger partial charge in [0.25, 0.3) is 0 Å². The standard InChI is InChI=1S/C11H12F3N3OS/c12-11(13,14)7-3-9-10(16-4-7)17-2-1-15-5-8(17)6-19(9)18/h3-4,8,15H,1-2,5-6H2. The van der Waals surface area contributed by atoms with Gasteiger partial charge in [-0.1, -0.05) is 0 Å². The van der Waals surface area contributed by atoms with Crippen LogP contribution in [0.4, 0.5) is 19.0 Å². The molecule has 104 valence electrons. The average Bonchev–Trinajstić information content (AvgIpc) is 2.37. The molecule has 8 heteroatoms. The minimum atomic E-state index is -4.45. The van der Waals surface area contributed by atoms with Crippen LogP contribution >= 0.6 is 0 Å². The molecule has 0 aliphatic carbocycles. The quantitative estimate of drug-likeness (QED) is 0.725. The number of anilines is 1. The molecule has 1 saturated heterocycles. The van der Waals surface area contributed by atoms with Gasteiger partial charge in [0.2, 0.25) is 0 Å². The molecular weight excluding hydrogens is 279 g/mol. The largest absolute Gasteiger partial charge is 0.611 e. The lowest BCUT2D eigenvalue weighted by atomic mass is 10.2. The van der Waals surface area contributed by atoms with E-state index in [-0.39, 0.29) is 10.9 Å². The molecule has 2 atom stereocenters. The van der Waals surface area contributed by atoms with Gasteiger partial charge in [-0.3, -0.25) is 0 Å². The van der Waals surface area contributed by atoms with Crippen molar-refractivity contribution in [1.82, 2.24) is 10.3 Å². The highest BCUT2D eigenvalue weighted by Crippen LogP contribution is 2.37. The molecule has 2 unspecified atom stereocenters. The van der Waals surface area contributed by atoms with E-state index in [1.54, 1.807) is 0 Å². The first-order valence-corrected chi connectivity index (χ1v) is 7.21. The summed E-state index contributed by atoms with van der Waals surface area (Å²) in [5, 5.41) is 3.19. The minimum absolute atomic E-state index is 0.0475. The van der Waals surface area contributed by atoms with Crippen LogP contribution in [-0.4, -0.2) is 41.0 Å². The van der Waals surface area contributed by atoms with E-state index in [9.17, 15) is 17.7 Å². The molecule has 1 aromatic rings. The van der Waals surface area contributed by atoms with Crippen molar-refractivity contribution in [2.75, 3.05) is 30.3 Å². The van der Waals surface area contributed by atoms with E-state index < -0.39 is 22.9 Å². The van der Waals surface area contributed by atoms with Crippen LogP contribution in [0.3, 0.4) is 0 Å². The molecule has 0 saturated carbocycles. The molecule has 2 aliphatic rings. The molecule has 4 nitrogen and oxygen atoms in total. The van der Waals surface area contributed by atoms with E-state index in [2.05, 4.69) is 10.3 Å². The summed E-state index contributed by atoms with van der Waals surface area (Å²) in [6.45, 7) is 2.12. The third kappa shape index (κ3) is 2.28. The molecule has 3 heterocycles. The Kier molecular flexibility index (Phi) is 3.11. The number of nitrogens with zero attached hydrogens (tertiary/aromatic N) is 2. The van der Waals surface area contributed by atoms with Crippen LogP contribution in [-0.2, 0) is 17.4 Å². The summed E-state index contributed by atoms with van der Waals surface area (Å²) < 4.78 is 50.0. The molecule has 3 rings (SSSR count). The number of piperazine rings is 1. The van der Waals surface area contributed by atoms with Gasteiger partial charge in [-0.15, -0.1) is 0 Å². The zero-order valence-corrected chi connectivity index (χ0v) is 10.7. The molecule has 19 heavy (non-hydrogen) atoms. The van der Waals surface area contributed by atoms with Crippen molar-refractivity contribution in [3.05, 3.63) is 17.8 Å². The summed E-state index contributed by atoms with van der Waals surface area (Å²) >= 11 is -1.42. The summed E-state index contributed by atoms with van der Waals surface area (Å²) in [5.41, 5.74) is -0.840. The number of hydrogen-bond acceptors (Lipinski definition) is 4. The highest BCUT2D eigenvalue weighted by Gasteiger charge is 2.40. The molecule has 1 fully saturated rings. The maximum Gasteiger partial charge on any atom is 0.418 e. The molecule has 0 radical (unpaired) electrons. The Hall–Kier alpha value is -0.990. The van der Waals surface area contributed by atoms with Crippen LogP contribution in [0.5, 0.6) is 0 Å². The fraction of sp³-hybridized carbons (Fsp3) is 0.545. The number of rotatable bonds is 0. The van der Waals surface area contributed by atoms with Crippen molar-refractivity contribution in [3.63, 3.8) is 0 Å². The summed E-state index contributed by atoms with van der Waals surface area (Å²) in [6, 6.07) is 1.02. The Morgan fingerprint density at radius 2 is 2.26 bits per heavy atom. The summed E-state index contributed by atoms with van der Waals surface area (Å²) in [4.78, 5) is 6.06. The highest BCUT2D eigenvalue weighted by molar-refractivity contribution is 7.91. The molecule has 1 N–H and O–H groups in total. The molecular formula is C11H12F3N3OS. The van der Waals surface area contributed by atoms with Crippen molar-refractivity contribution in [3.8, 4) is 0 Å². The number of nitrogens with one attached hydrogen (secondary N) is 1. The van der Waals surface area contributed by atoms with E-state index in [1.807, 2.05) is 4.90 Å². The SMILES string of the molecule is [O-][S+]1CC2CNCCN2c2ncc(C(F)(F)F)cc21. The summed E-state index contributed by atoms with van der Waals surface area (Å²) in [5.74, 6) is 0.785. The van der Waals surface area contributed by atoms with E-state index in [1.165, 1.54) is 0 Å². The number of aromatic nitrogens is 1. The van der Waals surface area contributed by atoms with Crippen LogP contribution in [0, 0.1) is 0 Å². The van der Waals surface area contributed by atoms with Crippen molar-refractivity contribution < 1.29 is 17.7 Å². The fourth-order valence-electron chi connectivity index (χ4n) is 2.43. The predicted molar refractivity (Wildman–Crippen MR) is 64.5 cm³/mol. The average molecular weight is 291 g/mol. The van der Waals surface area contributed by atoms with Gasteiger partial charge >= 0.3 is 6.18 Å². The van der Waals surface area contributed by atoms with Crippen LogP contribution < -0.4 is 10.2 Å². The third-order valence-corrected chi connectivity index (χ3v) is 4.85. The Labute approximate surface area is 111 Å². The van der Waals surface area contributed by atoms with Gasteiger partial charge < -0.3 is 14.8 Å². The lowest BCUT2D eigenvalue weighted by Crippen LogP contribution is -2.57. The normalized spacial score (nSPS) is 26.8. The fourth-order valence-corrected chi connectivity index (χ4v) is 3.89. The zero-order valence-electron chi connectivity index (χ0n) is 9.91. The molecule has 0 aromatic carbocycles. The first-order chi connectivity index (χ1) is 8.97. The van der Waals surface area contributed by atoms with Crippen LogP contribution in [0.1, 0.15) is 5.56 Å². The lowest BCUT2D eigenvalue weighted by Gasteiger charge is -2.40. The Bertz CT molecular complexity index is 497. The second-order valence-electron chi connectivity index (χ2n) is 4.61. The summed E-state index contributed by atoms with van der Waals surface area (Å²) in [6.07, 6.45) is -3.63. The van der Waals surface area contributed by atoms with Crippen LogP contribution in [0.2, 0.25) is 0 Å². The predicted octanol–water partition coefficient (Wildman–Crippen LogP) is 1.000. The first-order valence-electron chi connectivity index (χ1n) is 5.90. The van der Waals surface area contributed by atoms with Crippen molar-refractivity contribution in [2.24, 2.45) is 0 Å². The monoisotopic (exact) mass is 291 g/mol. The number of alkyl halides is 3. The van der Waals surface area contributed by atoms with Gasteiger partial charge in [0.15, 0.2) is 10.7 Å². The number of fused-ring (bicyclic) bond motifs is 3. The minimum Gasteiger partial charge on any atom is -0.611 e. The van der Waals surface area contributed by atoms with Crippen molar-refractivity contribution in [2.45, 2.75) is 17.1 Å². The van der Waals surface area contributed by atoms with E-state index in [0.717, 1.165) is 18.8 Å². The Morgan fingerprint density at radius 1 is 1.47 bits per heavy atom. The van der Waals surface area contributed by atoms with E-state index in [4.69, 9.17) is 0 Å². The van der Waals surface area contributed by atoms with Crippen molar-refractivity contribution in [1.29, 1.82) is 0 Å². The topological polar surface area (TPSA) is 51.2 Å². The maximum absolute atomic E-state index is 12.7. The molecule has 2 aliphatic heterocycles. The highest BCUT2D eigenvalue weighted by atomic mass is 32.2. The van der Waals surface area contributed by atoms with Gasteiger partial charge in [-0.25, -0.2) is 4.98 Å². The third-order valence-electron chi connectivity index (χ3n) is 3.37. The van der Waals surface area contributed by atoms with Gasteiger partial charge in [-0.05, 0) is 11.2 Å². The van der Waals surface area contributed by atoms with Gasteiger partial charge in [-0.2, -0.15) is 13.2 Å². The molecule has 1 aromatic heterocycles. The Balaban J connectivity index is 2.02. The van der Waals surface area contributed by atoms with E-state index in [0.29, 0.717) is 24.7 Å². The van der Waals surface area contributed by atoms with Crippen LogP contribution in [0.15, 0.2) is 17.2 Å².